The van der Waals surface area contributed by atoms with Gasteiger partial charge < -0.3 is 37.0 Å². The summed E-state index contributed by atoms with van der Waals surface area (Å²) < 4.78 is 0. The van der Waals surface area contributed by atoms with E-state index in [1.54, 1.807) is 0 Å². The Morgan fingerprint density at radius 3 is 1.81 bits per heavy atom. The van der Waals surface area contributed by atoms with Gasteiger partial charge in [-0.1, -0.05) is 0 Å². The van der Waals surface area contributed by atoms with E-state index >= 15 is 0 Å². The molecule has 0 aliphatic heterocycles. The van der Waals surface area contributed by atoms with E-state index in [4.69, 9.17) is 15.9 Å². The predicted octanol–water partition coefficient (Wildman–Crippen LogP) is -3.34. The van der Waals surface area contributed by atoms with Crippen LogP contribution >= 0.6 is 12.6 Å². The monoisotopic (exact) mass is 408 g/mol. The normalized spacial score (nSPS) is 15.0. The van der Waals surface area contributed by atoms with E-state index in [1.165, 1.54) is 6.92 Å². The number of aliphatic hydroxyl groups is 1. The summed E-state index contributed by atoms with van der Waals surface area (Å²) in [6, 6.07) is -5.14. The van der Waals surface area contributed by atoms with E-state index in [1.807, 2.05) is 0 Å². The van der Waals surface area contributed by atoms with Crippen molar-refractivity contribution in [2.45, 2.75) is 43.9 Å². The van der Waals surface area contributed by atoms with Crippen molar-refractivity contribution >= 4 is 42.3 Å². The fourth-order valence-corrected chi connectivity index (χ4v) is 2.01. The number of hydrogen-bond acceptors (Lipinski definition) is 8. The van der Waals surface area contributed by atoms with Crippen molar-refractivity contribution in [3.63, 3.8) is 0 Å². The third-order valence-corrected chi connectivity index (χ3v) is 3.67. The van der Waals surface area contributed by atoms with Gasteiger partial charge in [-0.2, -0.15) is 12.6 Å². The zero-order valence-corrected chi connectivity index (χ0v) is 15.4. The number of carbonyl (C=O) groups excluding carboxylic acids is 3. The highest BCUT2D eigenvalue weighted by molar-refractivity contribution is 7.80. The van der Waals surface area contributed by atoms with E-state index in [0.29, 0.717) is 0 Å². The minimum atomic E-state index is -1.43. The van der Waals surface area contributed by atoms with Gasteiger partial charge in [0.25, 0.3) is 0 Å². The van der Waals surface area contributed by atoms with E-state index in [-0.39, 0.29) is 12.2 Å². The number of nitrogens with two attached hydrogens (primary N) is 1. The Labute approximate surface area is 160 Å². The van der Waals surface area contributed by atoms with E-state index in [9.17, 15) is 29.1 Å². The summed E-state index contributed by atoms with van der Waals surface area (Å²) >= 11 is 3.79. The molecule has 4 atom stereocenters. The van der Waals surface area contributed by atoms with Crippen molar-refractivity contribution in [3.05, 3.63) is 0 Å². The molecule has 0 rings (SSSR count). The molecule has 0 spiro atoms. The third kappa shape index (κ3) is 9.21. The molecule has 0 fully saturated rings. The van der Waals surface area contributed by atoms with Crippen LogP contribution in [0.4, 0.5) is 0 Å². The Kier molecular flexibility index (Phi) is 11.0. The topological polar surface area (TPSA) is 208 Å². The molecular formula is C14H24N4O8S. The zero-order chi connectivity index (χ0) is 21.1. The molecular weight excluding hydrogens is 384 g/mol. The number of aliphatic carboxylic acids is 2. The van der Waals surface area contributed by atoms with E-state index in [0.717, 1.165) is 0 Å². The molecule has 0 saturated heterocycles. The summed E-state index contributed by atoms with van der Waals surface area (Å²) in [5, 5.41) is 33.4. The van der Waals surface area contributed by atoms with Gasteiger partial charge in [0.2, 0.25) is 17.7 Å². The number of aliphatic hydroxyl groups excluding tert-OH is 1. The molecule has 27 heavy (non-hydrogen) atoms. The van der Waals surface area contributed by atoms with Gasteiger partial charge in [0.15, 0.2) is 0 Å². The van der Waals surface area contributed by atoms with Gasteiger partial charge in [0.05, 0.1) is 12.6 Å². The Balaban J connectivity index is 5.18. The molecule has 4 unspecified atom stereocenters. The summed E-state index contributed by atoms with van der Waals surface area (Å²) in [5.74, 6) is -5.47. The molecule has 0 radical (unpaired) electrons. The van der Waals surface area contributed by atoms with E-state index in [2.05, 4.69) is 28.6 Å². The first kappa shape index (κ1) is 24.6. The maximum atomic E-state index is 12.2. The molecule has 0 aliphatic rings. The molecule has 0 aromatic heterocycles. The van der Waals surface area contributed by atoms with Crippen molar-refractivity contribution in [1.82, 2.24) is 16.0 Å². The first-order chi connectivity index (χ1) is 12.5. The summed E-state index contributed by atoms with van der Waals surface area (Å²) in [5.41, 5.74) is 5.35. The van der Waals surface area contributed by atoms with Gasteiger partial charge in [0, 0.05) is 12.2 Å². The van der Waals surface area contributed by atoms with Crippen LogP contribution in [0, 0.1) is 0 Å². The highest BCUT2D eigenvalue weighted by Gasteiger charge is 2.29. The molecule has 3 amide bonds. The van der Waals surface area contributed by atoms with Crippen LogP contribution < -0.4 is 21.7 Å². The van der Waals surface area contributed by atoms with Gasteiger partial charge in [-0.3, -0.25) is 19.2 Å². The Morgan fingerprint density at radius 2 is 1.41 bits per heavy atom. The molecule has 0 saturated carbocycles. The quantitative estimate of drug-likeness (QED) is 0.152. The molecule has 13 heteroatoms. The lowest BCUT2D eigenvalue weighted by atomic mass is 10.1. The average molecular weight is 408 g/mol. The Bertz CT molecular complexity index is 571. The van der Waals surface area contributed by atoms with Crippen molar-refractivity contribution < 1.29 is 39.3 Å². The highest BCUT2D eigenvalue weighted by atomic mass is 32.1. The molecule has 0 heterocycles. The van der Waals surface area contributed by atoms with Crippen molar-refractivity contribution in [2.24, 2.45) is 5.73 Å². The lowest BCUT2D eigenvalue weighted by Crippen LogP contribution is -2.58. The molecule has 0 aliphatic carbocycles. The van der Waals surface area contributed by atoms with Crippen LogP contribution in [0.5, 0.6) is 0 Å². The van der Waals surface area contributed by atoms with Gasteiger partial charge >= 0.3 is 11.9 Å². The number of carboxylic acids is 2. The maximum absolute atomic E-state index is 12.2. The van der Waals surface area contributed by atoms with Crippen molar-refractivity contribution in [1.29, 1.82) is 0 Å². The van der Waals surface area contributed by atoms with Gasteiger partial charge in [-0.15, -0.1) is 0 Å². The maximum Gasteiger partial charge on any atom is 0.327 e. The second-order valence-corrected chi connectivity index (χ2v) is 5.97. The van der Waals surface area contributed by atoms with Crippen molar-refractivity contribution in [2.75, 3.05) is 12.4 Å². The fourth-order valence-electron chi connectivity index (χ4n) is 1.76. The number of carboxylic acid groups (broad SMARTS) is 2. The average Bonchev–Trinajstić information content (AvgIpc) is 2.59. The molecule has 0 bridgehead atoms. The summed E-state index contributed by atoms with van der Waals surface area (Å²) in [7, 11) is 0. The van der Waals surface area contributed by atoms with Crippen molar-refractivity contribution in [3.8, 4) is 0 Å². The zero-order valence-electron chi connectivity index (χ0n) is 14.5. The Morgan fingerprint density at radius 1 is 0.926 bits per heavy atom. The minimum absolute atomic E-state index is 0.232. The SMILES string of the molecule is CC(N)C(=O)NC(CO)C(=O)NC(CCC(=O)O)C(=O)NC(CS)C(=O)O. The lowest BCUT2D eigenvalue weighted by Gasteiger charge is -2.23. The number of rotatable bonds is 12. The van der Waals surface area contributed by atoms with Gasteiger partial charge in [-0.25, -0.2) is 4.79 Å². The van der Waals surface area contributed by atoms with Crippen LogP contribution in [0.1, 0.15) is 19.8 Å². The van der Waals surface area contributed by atoms with Gasteiger partial charge in [-0.05, 0) is 13.3 Å². The van der Waals surface area contributed by atoms with E-state index < -0.39 is 66.9 Å². The second-order valence-electron chi connectivity index (χ2n) is 5.61. The van der Waals surface area contributed by atoms with Crippen LogP contribution in [-0.4, -0.2) is 81.5 Å². The first-order valence-corrected chi connectivity index (χ1v) is 8.49. The third-order valence-electron chi connectivity index (χ3n) is 3.31. The number of carbonyl (C=O) groups is 5. The molecule has 0 aromatic carbocycles. The number of hydrogen-bond donors (Lipinski definition) is 8. The molecule has 12 nitrogen and oxygen atoms in total. The van der Waals surface area contributed by atoms with Crippen LogP contribution in [-0.2, 0) is 24.0 Å². The highest BCUT2D eigenvalue weighted by Crippen LogP contribution is 2.01. The van der Waals surface area contributed by atoms with Crippen LogP contribution in [0.25, 0.3) is 0 Å². The molecule has 8 N–H and O–H groups in total. The lowest BCUT2D eigenvalue weighted by molar-refractivity contribution is -0.142. The van der Waals surface area contributed by atoms with Crippen LogP contribution in [0.2, 0.25) is 0 Å². The van der Waals surface area contributed by atoms with Crippen LogP contribution in [0.15, 0.2) is 0 Å². The van der Waals surface area contributed by atoms with Gasteiger partial charge in [0.1, 0.15) is 18.1 Å². The second kappa shape index (κ2) is 12.1. The number of amides is 3. The summed E-state index contributed by atoms with van der Waals surface area (Å²) in [6.07, 6.45) is -0.835. The standard InChI is InChI=1S/C14H24N4O8S/c1-6(15)11(22)17-8(4-19)13(24)16-7(2-3-10(20)21)12(23)18-9(5-27)14(25)26/h6-9,19,27H,2-5,15H2,1H3,(H,16,24)(H,17,22)(H,18,23)(H,20,21)(H,25,26). The summed E-state index contributed by atoms with van der Waals surface area (Å²) in [4.78, 5) is 57.7. The molecule has 154 valence electrons. The predicted molar refractivity (Wildman–Crippen MR) is 94.9 cm³/mol. The molecule has 0 aromatic rings. The largest absolute Gasteiger partial charge is 0.481 e. The smallest absolute Gasteiger partial charge is 0.327 e. The number of nitrogens with one attached hydrogen (secondary N) is 3. The minimum Gasteiger partial charge on any atom is -0.481 e. The fraction of sp³-hybridized carbons (Fsp3) is 0.643. The Hall–Kier alpha value is -2.38. The first-order valence-electron chi connectivity index (χ1n) is 7.86. The van der Waals surface area contributed by atoms with Crippen LogP contribution in [0.3, 0.4) is 0 Å². The summed E-state index contributed by atoms with van der Waals surface area (Å²) in [6.45, 7) is 0.556. The number of thiol groups is 1.